The molecule has 0 aromatic carbocycles. The predicted molar refractivity (Wildman–Crippen MR) is 100 cm³/mol. The van der Waals surface area contributed by atoms with Gasteiger partial charge in [-0.1, -0.05) is 44.1 Å². The maximum atomic E-state index is 14.5. The van der Waals surface area contributed by atoms with E-state index in [1.165, 1.54) is 37.9 Å². The number of azide groups is 1. The number of halogens is 1. The number of nitrogens with zero attached hydrogens (tertiary/aromatic N) is 5. The van der Waals surface area contributed by atoms with Crippen LogP contribution in [0.25, 0.3) is 10.4 Å². The summed E-state index contributed by atoms with van der Waals surface area (Å²) in [6, 6.07) is 1.49. The van der Waals surface area contributed by atoms with Gasteiger partial charge >= 0.3 is 5.69 Å². The molecule has 0 amide bonds. The fourth-order valence-corrected chi connectivity index (χ4v) is 3.11. The average molecular weight is 398 g/mol. The van der Waals surface area contributed by atoms with Gasteiger partial charge in [0.2, 0.25) is 5.72 Å². The molecule has 1 fully saturated rings. The van der Waals surface area contributed by atoms with Gasteiger partial charge in [0.15, 0.2) is 12.4 Å². The SMILES string of the molecule is CCCCCCCCNc1ccn([C@@H]2O[C@@](CO)(N=[N+]=[N-])[C@@H](O)[C@@H]2F)c(=O)n1. The fraction of sp³-hybridized carbons (Fsp3) is 0.765. The van der Waals surface area contributed by atoms with Crippen LogP contribution < -0.4 is 11.0 Å². The van der Waals surface area contributed by atoms with Crippen molar-refractivity contribution in [1.29, 1.82) is 0 Å². The van der Waals surface area contributed by atoms with Gasteiger partial charge in [0.25, 0.3) is 0 Å². The zero-order valence-corrected chi connectivity index (χ0v) is 15.9. The van der Waals surface area contributed by atoms with Crippen molar-refractivity contribution >= 4 is 5.82 Å². The summed E-state index contributed by atoms with van der Waals surface area (Å²) >= 11 is 0. The quantitative estimate of drug-likeness (QED) is 0.225. The monoisotopic (exact) mass is 398 g/mol. The number of aliphatic hydroxyl groups excluding tert-OH is 2. The maximum Gasteiger partial charge on any atom is 0.351 e. The zero-order chi connectivity index (χ0) is 20.6. The van der Waals surface area contributed by atoms with E-state index < -0.39 is 36.5 Å². The van der Waals surface area contributed by atoms with Gasteiger partial charge in [-0.15, -0.1) is 0 Å². The highest BCUT2D eigenvalue weighted by molar-refractivity contribution is 5.31. The molecule has 0 spiro atoms. The molecule has 0 radical (unpaired) electrons. The molecule has 0 saturated carbocycles. The molecule has 2 rings (SSSR count). The van der Waals surface area contributed by atoms with Gasteiger partial charge in [0.05, 0.1) is 6.61 Å². The summed E-state index contributed by atoms with van der Waals surface area (Å²) in [5.41, 5.74) is 5.61. The number of nitrogens with one attached hydrogen (secondary N) is 1. The minimum atomic E-state index is -2.19. The number of alkyl halides is 1. The van der Waals surface area contributed by atoms with Gasteiger partial charge in [0, 0.05) is 17.7 Å². The Hall–Kier alpha value is -2.20. The smallest absolute Gasteiger partial charge is 0.351 e. The molecule has 1 aliphatic heterocycles. The molecule has 11 heteroatoms. The van der Waals surface area contributed by atoms with Crippen molar-refractivity contribution in [1.82, 2.24) is 9.55 Å². The van der Waals surface area contributed by atoms with Gasteiger partial charge < -0.3 is 20.3 Å². The second-order valence-corrected chi connectivity index (χ2v) is 6.79. The molecule has 4 atom stereocenters. The van der Waals surface area contributed by atoms with E-state index in [1.54, 1.807) is 0 Å². The number of rotatable bonds is 11. The summed E-state index contributed by atoms with van der Waals surface area (Å²) in [4.78, 5) is 18.6. The van der Waals surface area contributed by atoms with Crippen LogP contribution in [0.4, 0.5) is 10.2 Å². The Kier molecular flexibility index (Phi) is 8.18. The van der Waals surface area contributed by atoms with Crippen LogP contribution in [0.15, 0.2) is 22.2 Å². The van der Waals surface area contributed by atoms with Crippen molar-refractivity contribution in [2.24, 2.45) is 5.11 Å². The standard InChI is InChI=1S/C17H27FN6O4/c1-2-3-4-5-6-7-9-20-12-8-10-24(16(27)21-12)15-13(18)14(26)17(11-25,28-15)22-23-19/h8,10,13-15,25-26H,2-7,9,11H2,1H3,(H,20,21,27)/t13-,14-,15+,17+/m0/s1. The van der Waals surface area contributed by atoms with Crippen LogP contribution in [0.2, 0.25) is 0 Å². The van der Waals surface area contributed by atoms with Crippen LogP contribution in [0.1, 0.15) is 51.7 Å². The van der Waals surface area contributed by atoms with Crippen molar-refractivity contribution in [3.05, 3.63) is 33.2 Å². The molecule has 2 heterocycles. The lowest BCUT2D eigenvalue weighted by atomic mass is 10.1. The Balaban J connectivity index is 1.99. The van der Waals surface area contributed by atoms with E-state index in [-0.39, 0.29) is 0 Å². The van der Waals surface area contributed by atoms with Gasteiger partial charge in [-0.05, 0) is 18.0 Å². The van der Waals surface area contributed by atoms with Crippen molar-refractivity contribution < 1.29 is 19.3 Å². The van der Waals surface area contributed by atoms with E-state index in [1.807, 2.05) is 0 Å². The number of aliphatic hydroxyl groups is 2. The second-order valence-electron chi connectivity index (χ2n) is 6.79. The Morgan fingerprint density at radius 1 is 1.43 bits per heavy atom. The number of hydrogen-bond acceptors (Lipinski definition) is 7. The normalized spacial score (nSPS) is 26.8. The lowest BCUT2D eigenvalue weighted by Gasteiger charge is -2.23. The van der Waals surface area contributed by atoms with E-state index in [4.69, 9.17) is 10.3 Å². The summed E-state index contributed by atoms with van der Waals surface area (Å²) in [7, 11) is 0. The molecule has 0 unspecified atom stereocenters. The third-order valence-corrected chi connectivity index (χ3v) is 4.74. The first-order chi connectivity index (χ1) is 13.5. The number of unbranched alkanes of at least 4 members (excludes halogenated alkanes) is 5. The number of anilines is 1. The summed E-state index contributed by atoms with van der Waals surface area (Å²) in [6.45, 7) is 1.89. The molecule has 0 bridgehead atoms. The average Bonchev–Trinajstić information content (AvgIpc) is 2.93. The van der Waals surface area contributed by atoms with Crippen LogP contribution in [-0.2, 0) is 4.74 Å². The summed E-state index contributed by atoms with van der Waals surface area (Å²) < 4.78 is 20.5. The molecule has 1 aliphatic rings. The maximum absolute atomic E-state index is 14.5. The molecule has 3 N–H and O–H groups in total. The van der Waals surface area contributed by atoms with Crippen molar-refractivity contribution in [3.8, 4) is 0 Å². The number of hydrogen-bond donors (Lipinski definition) is 3. The summed E-state index contributed by atoms with van der Waals surface area (Å²) in [5.74, 6) is 0.354. The van der Waals surface area contributed by atoms with E-state index in [0.717, 1.165) is 17.4 Å². The molecule has 1 saturated heterocycles. The first-order valence-electron chi connectivity index (χ1n) is 9.49. The van der Waals surface area contributed by atoms with Crippen LogP contribution in [0.3, 0.4) is 0 Å². The first kappa shape index (κ1) is 22.1. The molecule has 156 valence electrons. The Bertz CT molecular complexity index is 741. The molecule has 10 nitrogen and oxygen atoms in total. The van der Waals surface area contributed by atoms with Gasteiger partial charge in [-0.3, -0.25) is 4.57 Å². The molecule has 1 aromatic rings. The highest BCUT2D eigenvalue weighted by Crippen LogP contribution is 2.39. The van der Waals surface area contributed by atoms with Crippen LogP contribution in [0.5, 0.6) is 0 Å². The minimum absolute atomic E-state index is 0.354. The molecule has 28 heavy (non-hydrogen) atoms. The second kappa shape index (κ2) is 10.4. The topological polar surface area (TPSA) is 145 Å². The van der Waals surface area contributed by atoms with Crippen molar-refractivity contribution in [2.75, 3.05) is 18.5 Å². The lowest BCUT2D eigenvalue weighted by Crippen LogP contribution is -2.43. The van der Waals surface area contributed by atoms with E-state index in [0.29, 0.717) is 12.4 Å². The predicted octanol–water partition coefficient (Wildman–Crippen LogP) is 2.24. The van der Waals surface area contributed by atoms with Crippen LogP contribution in [-0.4, -0.2) is 50.9 Å². The van der Waals surface area contributed by atoms with Crippen molar-refractivity contribution in [2.45, 2.75) is 69.7 Å². The largest absolute Gasteiger partial charge is 0.393 e. The Labute approximate surface area is 162 Å². The summed E-state index contributed by atoms with van der Waals surface area (Å²) in [5, 5.41) is 25.6. The molecule has 1 aromatic heterocycles. The minimum Gasteiger partial charge on any atom is -0.393 e. The zero-order valence-electron chi connectivity index (χ0n) is 15.9. The molecular formula is C17H27FN6O4. The van der Waals surface area contributed by atoms with Crippen molar-refractivity contribution in [3.63, 3.8) is 0 Å². The fourth-order valence-electron chi connectivity index (χ4n) is 3.11. The van der Waals surface area contributed by atoms with E-state index >= 15 is 0 Å². The van der Waals surface area contributed by atoms with E-state index in [2.05, 4.69) is 27.3 Å². The summed E-state index contributed by atoms with van der Waals surface area (Å²) in [6.07, 6.45) is 2.56. The van der Waals surface area contributed by atoms with Crippen LogP contribution >= 0.6 is 0 Å². The molecule has 0 aliphatic carbocycles. The third kappa shape index (κ3) is 4.99. The van der Waals surface area contributed by atoms with Crippen LogP contribution in [0, 0.1) is 0 Å². The Morgan fingerprint density at radius 3 is 2.79 bits per heavy atom. The third-order valence-electron chi connectivity index (χ3n) is 4.74. The van der Waals surface area contributed by atoms with Gasteiger partial charge in [-0.25, -0.2) is 9.18 Å². The number of ether oxygens (including phenoxy) is 1. The number of aromatic nitrogens is 2. The highest BCUT2D eigenvalue weighted by Gasteiger charge is 2.56. The van der Waals surface area contributed by atoms with Gasteiger partial charge in [0.1, 0.15) is 11.9 Å². The Morgan fingerprint density at radius 2 is 2.14 bits per heavy atom. The molecular weight excluding hydrogens is 371 g/mol. The van der Waals surface area contributed by atoms with Gasteiger partial charge in [-0.2, -0.15) is 4.98 Å². The highest BCUT2D eigenvalue weighted by atomic mass is 19.1. The lowest BCUT2D eigenvalue weighted by molar-refractivity contribution is -0.124. The van der Waals surface area contributed by atoms with E-state index in [9.17, 15) is 19.4 Å². The first-order valence-corrected chi connectivity index (χ1v) is 9.49.